The summed E-state index contributed by atoms with van der Waals surface area (Å²) in [7, 11) is 0. The Kier molecular flexibility index (Phi) is 7.35. The highest BCUT2D eigenvalue weighted by molar-refractivity contribution is 6.30. The van der Waals surface area contributed by atoms with Gasteiger partial charge < -0.3 is 19.4 Å². The summed E-state index contributed by atoms with van der Waals surface area (Å²) in [6, 6.07) is 21.5. The summed E-state index contributed by atoms with van der Waals surface area (Å²) in [6.45, 7) is 1.93. The van der Waals surface area contributed by atoms with Gasteiger partial charge in [-0.05, 0) is 48.2 Å². The van der Waals surface area contributed by atoms with Crippen molar-refractivity contribution in [3.05, 3.63) is 100 Å². The van der Waals surface area contributed by atoms with E-state index < -0.39 is 24.3 Å². The standard InChI is InChI=1S/C26H24ClNO6/c1-17(25(29)30)33-23-12-11-20(27)15-22(23)24-21-10-6-5-9-19(21)13-14-28(24)34-26(31)32-16-18-7-3-2-4-8-18/h2-12,15,17,24H,13-14,16H2,1H3,(H,29,30)/t17-,24?/m1/s1. The van der Waals surface area contributed by atoms with Gasteiger partial charge in [0.05, 0.1) is 6.04 Å². The first-order chi connectivity index (χ1) is 16.4. The van der Waals surface area contributed by atoms with Crippen molar-refractivity contribution in [2.45, 2.75) is 32.1 Å². The van der Waals surface area contributed by atoms with Gasteiger partial charge in [0.15, 0.2) is 6.10 Å². The molecule has 0 radical (unpaired) electrons. The molecule has 0 spiro atoms. The molecule has 1 N–H and O–H groups in total. The first-order valence-corrected chi connectivity index (χ1v) is 11.2. The number of benzene rings is 3. The number of rotatable bonds is 7. The van der Waals surface area contributed by atoms with Crippen LogP contribution in [0.5, 0.6) is 5.75 Å². The summed E-state index contributed by atoms with van der Waals surface area (Å²) in [5, 5.41) is 11.3. The molecule has 0 aliphatic carbocycles. The third kappa shape index (κ3) is 5.50. The lowest BCUT2D eigenvalue weighted by molar-refractivity contribution is -0.152. The second kappa shape index (κ2) is 10.6. The Morgan fingerprint density at radius 1 is 1.06 bits per heavy atom. The minimum Gasteiger partial charge on any atom is -0.479 e. The molecule has 3 aromatic rings. The highest BCUT2D eigenvalue weighted by Crippen LogP contribution is 2.41. The number of fused-ring (bicyclic) bond motifs is 1. The van der Waals surface area contributed by atoms with Gasteiger partial charge in [0.25, 0.3) is 0 Å². The lowest BCUT2D eigenvalue weighted by Gasteiger charge is -2.36. The van der Waals surface area contributed by atoms with Crippen LogP contribution in [0.4, 0.5) is 4.79 Å². The maximum Gasteiger partial charge on any atom is 0.528 e. The predicted molar refractivity (Wildman–Crippen MR) is 126 cm³/mol. The minimum atomic E-state index is -1.09. The van der Waals surface area contributed by atoms with Gasteiger partial charge in [-0.25, -0.2) is 9.59 Å². The molecule has 0 saturated heterocycles. The molecule has 1 aliphatic rings. The van der Waals surface area contributed by atoms with E-state index in [1.165, 1.54) is 12.0 Å². The number of carboxylic acids is 1. The lowest BCUT2D eigenvalue weighted by atomic mass is 9.89. The van der Waals surface area contributed by atoms with Crippen LogP contribution in [0.1, 0.15) is 35.2 Å². The topological polar surface area (TPSA) is 85.3 Å². The van der Waals surface area contributed by atoms with Crippen molar-refractivity contribution in [3.8, 4) is 5.75 Å². The number of aliphatic carboxylic acids is 1. The molecule has 0 fully saturated rings. The van der Waals surface area contributed by atoms with E-state index in [0.29, 0.717) is 29.3 Å². The van der Waals surface area contributed by atoms with Crippen LogP contribution in [0, 0.1) is 0 Å². The molecule has 1 unspecified atom stereocenters. The van der Waals surface area contributed by atoms with Gasteiger partial charge in [0, 0.05) is 17.1 Å². The van der Waals surface area contributed by atoms with E-state index in [1.807, 2.05) is 54.6 Å². The molecule has 2 atom stereocenters. The van der Waals surface area contributed by atoms with Crippen LogP contribution in [-0.4, -0.2) is 34.9 Å². The summed E-state index contributed by atoms with van der Waals surface area (Å²) < 4.78 is 11.0. The van der Waals surface area contributed by atoms with Gasteiger partial charge in [-0.2, -0.15) is 0 Å². The Morgan fingerprint density at radius 2 is 1.79 bits per heavy atom. The third-order valence-electron chi connectivity index (χ3n) is 5.55. The largest absolute Gasteiger partial charge is 0.528 e. The normalized spacial score (nSPS) is 16.2. The van der Waals surface area contributed by atoms with Gasteiger partial charge in [0.2, 0.25) is 0 Å². The molecule has 8 heteroatoms. The van der Waals surface area contributed by atoms with Gasteiger partial charge >= 0.3 is 12.1 Å². The summed E-state index contributed by atoms with van der Waals surface area (Å²) in [5.41, 5.74) is 3.42. The third-order valence-corrected chi connectivity index (χ3v) is 5.78. The molecule has 0 saturated carbocycles. The number of carbonyl (C=O) groups is 2. The molecular formula is C26H24ClNO6. The van der Waals surface area contributed by atoms with Gasteiger partial charge in [-0.15, -0.1) is 5.06 Å². The van der Waals surface area contributed by atoms with E-state index >= 15 is 0 Å². The number of hydrogen-bond acceptors (Lipinski definition) is 6. The summed E-state index contributed by atoms with van der Waals surface area (Å²) >= 11 is 6.31. The monoisotopic (exact) mass is 481 g/mol. The van der Waals surface area contributed by atoms with Crippen LogP contribution in [0.25, 0.3) is 0 Å². The Balaban J connectivity index is 1.64. The second-order valence-electron chi connectivity index (χ2n) is 7.89. The molecule has 0 bridgehead atoms. The Morgan fingerprint density at radius 3 is 2.56 bits per heavy atom. The number of halogens is 1. The van der Waals surface area contributed by atoms with Crippen molar-refractivity contribution in [2.75, 3.05) is 6.54 Å². The zero-order valence-corrected chi connectivity index (χ0v) is 19.3. The van der Waals surface area contributed by atoms with Crippen molar-refractivity contribution in [1.29, 1.82) is 0 Å². The van der Waals surface area contributed by atoms with Crippen LogP contribution in [0.3, 0.4) is 0 Å². The van der Waals surface area contributed by atoms with E-state index in [-0.39, 0.29) is 6.61 Å². The summed E-state index contributed by atoms with van der Waals surface area (Å²) in [5.74, 6) is -0.755. The molecule has 4 rings (SSSR count). The zero-order chi connectivity index (χ0) is 24.1. The number of hydroxylamine groups is 2. The zero-order valence-electron chi connectivity index (χ0n) is 18.5. The van der Waals surface area contributed by atoms with Gasteiger partial charge in [0.1, 0.15) is 12.4 Å². The van der Waals surface area contributed by atoms with E-state index in [2.05, 4.69) is 0 Å². The minimum absolute atomic E-state index is 0.0798. The molecule has 34 heavy (non-hydrogen) atoms. The second-order valence-corrected chi connectivity index (χ2v) is 8.32. The van der Waals surface area contributed by atoms with E-state index in [1.54, 1.807) is 18.2 Å². The number of nitrogens with zero attached hydrogens (tertiary/aromatic N) is 1. The van der Waals surface area contributed by atoms with E-state index in [9.17, 15) is 14.7 Å². The van der Waals surface area contributed by atoms with Crippen LogP contribution >= 0.6 is 11.6 Å². The highest BCUT2D eigenvalue weighted by Gasteiger charge is 2.34. The first kappa shape index (κ1) is 23.6. The first-order valence-electron chi connectivity index (χ1n) is 10.8. The predicted octanol–water partition coefficient (Wildman–Crippen LogP) is 5.41. The smallest absolute Gasteiger partial charge is 0.479 e. The number of ether oxygens (including phenoxy) is 2. The molecule has 0 aromatic heterocycles. The van der Waals surface area contributed by atoms with Crippen LogP contribution in [0.2, 0.25) is 5.02 Å². The van der Waals surface area contributed by atoms with Crippen LogP contribution < -0.4 is 4.74 Å². The quantitative estimate of drug-likeness (QED) is 0.452. The van der Waals surface area contributed by atoms with Crippen molar-refractivity contribution < 1.29 is 29.0 Å². The van der Waals surface area contributed by atoms with Gasteiger partial charge in [-0.1, -0.05) is 66.2 Å². The molecule has 176 valence electrons. The summed E-state index contributed by atoms with van der Waals surface area (Å²) in [6.07, 6.45) is -1.26. The molecule has 0 amide bonds. The Bertz CT molecular complexity index is 1170. The van der Waals surface area contributed by atoms with Crippen molar-refractivity contribution in [3.63, 3.8) is 0 Å². The average molecular weight is 482 g/mol. The fourth-order valence-electron chi connectivity index (χ4n) is 3.88. The molecular weight excluding hydrogens is 458 g/mol. The average Bonchev–Trinajstić information content (AvgIpc) is 2.84. The lowest BCUT2D eigenvalue weighted by Crippen LogP contribution is -2.38. The van der Waals surface area contributed by atoms with Crippen molar-refractivity contribution >= 4 is 23.7 Å². The SMILES string of the molecule is C[C@@H](Oc1ccc(Cl)cc1C1c2ccccc2CCN1OC(=O)OCc1ccccc1)C(=O)O. The molecule has 1 heterocycles. The van der Waals surface area contributed by atoms with Crippen LogP contribution in [0.15, 0.2) is 72.8 Å². The maximum absolute atomic E-state index is 12.6. The maximum atomic E-state index is 12.6. The van der Waals surface area contributed by atoms with Crippen LogP contribution in [-0.2, 0) is 27.4 Å². The van der Waals surface area contributed by atoms with Gasteiger partial charge in [-0.3, -0.25) is 0 Å². The van der Waals surface area contributed by atoms with E-state index in [4.69, 9.17) is 25.9 Å². The molecule has 3 aromatic carbocycles. The Hall–Kier alpha value is -3.55. The Labute approximate surface area is 202 Å². The molecule has 1 aliphatic heterocycles. The summed E-state index contributed by atoms with van der Waals surface area (Å²) in [4.78, 5) is 29.6. The van der Waals surface area contributed by atoms with Crippen molar-refractivity contribution in [2.24, 2.45) is 0 Å². The fourth-order valence-corrected chi connectivity index (χ4v) is 4.06. The molecule has 7 nitrogen and oxygen atoms in total. The number of carbonyl (C=O) groups excluding carboxylic acids is 1. The highest BCUT2D eigenvalue weighted by atomic mass is 35.5. The number of hydrogen-bond donors (Lipinski definition) is 1. The van der Waals surface area contributed by atoms with Crippen molar-refractivity contribution in [1.82, 2.24) is 5.06 Å². The fraction of sp³-hybridized carbons (Fsp3) is 0.231. The number of carboxylic acid groups (broad SMARTS) is 1. The van der Waals surface area contributed by atoms with E-state index in [0.717, 1.165) is 16.7 Å².